The average molecular weight is 397 g/mol. The van der Waals surface area contributed by atoms with Crippen LogP contribution in [0.25, 0.3) is 5.57 Å². The van der Waals surface area contributed by atoms with Crippen LogP contribution in [0, 0.1) is 23.7 Å². The van der Waals surface area contributed by atoms with Gasteiger partial charge in [0.2, 0.25) is 0 Å². The molecule has 4 rings (SSSR count). The molecule has 0 amide bonds. The van der Waals surface area contributed by atoms with E-state index >= 15 is 0 Å². The van der Waals surface area contributed by atoms with E-state index in [0.717, 1.165) is 49.6 Å². The van der Waals surface area contributed by atoms with Crippen molar-refractivity contribution in [2.45, 2.75) is 84.5 Å². The van der Waals surface area contributed by atoms with Gasteiger partial charge in [0.1, 0.15) is 12.1 Å². The fourth-order valence-electron chi connectivity index (χ4n) is 5.88. The zero-order chi connectivity index (χ0) is 20.4. The standard InChI is InChI=1S/C25H36N2O2/c1-16(2)18-8-6-17(7-9-18)13-21-25-22(27-15-26-21)14-19-10-11-20(24(19)25)23(29)5-3-4-12-28/h15-18,20,28H,3-14H2,1-2H3/t17-,18-,20?. The lowest BCUT2D eigenvalue weighted by atomic mass is 9.75. The topological polar surface area (TPSA) is 63.1 Å². The van der Waals surface area contributed by atoms with Gasteiger partial charge in [0.15, 0.2) is 0 Å². The van der Waals surface area contributed by atoms with Crippen LogP contribution in [0.15, 0.2) is 11.9 Å². The molecule has 1 atom stereocenters. The van der Waals surface area contributed by atoms with E-state index in [1.807, 2.05) is 0 Å². The Morgan fingerprint density at radius 1 is 1.14 bits per heavy atom. The number of carbonyl (C=O) groups is 1. The summed E-state index contributed by atoms with van der Waals surface area (Å²) in [5.74, 6) is 2.78. The summed E-state index contributed by atoms with van der Waals surface area (Å²) in [5, 5.41) is 9.03. The predicted molar refractivity (Wildman–Crippen MR) is 115 cm³/mol. The molecule has 1 unspecified atom stereocenters. The third-order valence-corrected chi connectivity index (χ3v) is 7.65. The van der Waals surface area contributed by atoms with E-state index in [1.165, 1.54) is 48.1 Å². The van der Waals surface area contributed by atoms with Crippen LogP contribution in [0.1, 0.15) is 88.6 Å². The summed E-state index contributed by atoms with van der Waals surface area (Å²) >= 11 is 0. The molecule has 0 saturated heterocycles. The number of hydrogen-bond acceptors (Lipinski definition) is 4. The molecule has 1 saturated carbocycles. The molecule has 0 aromatic carbocycles. The van der Waals surface area contributed by atoms with Gasteiger partial charge in [-0.2, -0.15) is 0 Å². The summed E-state index contributed by atoms with van der Waals surface area (Å²) in [6, 6.07) is 0. The number of aromatic nitrogens is 2. The van der Waals surface area contributed by atoms with Crippen molar-refractivity contribution < 1.29 is 9.90 Å². The highest BCUT2D eigenvalue weighted by Crippen LogP contribution is 2.48. The molecular formula is C25H36N2O2. The lowest BCUT2D eigenvalue weighted by molar-refractivity contribution is -0.121. The van der Waals surface area contributed by atoms with E-state index in [2.05, 4.69) is 18.8 Å². The third kappa shape index (κ3) is 4.33. The van der Waals surface area contributed by atoms with Crippen LogP contribution in [-0.2, 0) is 17.6 Å². The summed E-state index contributed by atoms with van der Waals surface area (Å²) in [6.45, 7) is 4.88. The number of nitrogens with zero attached hydrogens (tertiary/aromatic N) is 2. The maximum Gasteiger partial charge on any atom is 0.140 e. The Labute approximate surface area is 175 Å². The van der Waals surface area contributed by atoms with Crippen LogP contribution < -0.4 is 0 Å². The third-order valence-electron chi connectivity index (χ3n) is 7.65. The fourth-order valence-corrected chi connectivity index (χ4v) is 5.88. The van der Waals surface area contributed by atoms with Gasteiger partial charge < -0.3 is 5.11 Å². The number of unbranched alkanes of at least 4 members (excludes halogenated alkanes) is 1. The number of aliphatic hydroxyl groups is 1. The first kappa shape index (κ1) is 20.7. The smallest absolute Gasteiger partial charge is 0.140 e. The van der Waals surface area contributed by atoms with Gasteiger partial charge in [0.25, 0.3) is 0 Å². The number of allylic oxidation sites excluding steroid dienone is 2. The lowest BCUT2D eigenvalue weighted by Crippen LogP contribution is -2.21. The fraction of sp³-hybridized carbons (Fsp3) is 0.720. The van der Waals surface area contributed by atoms with E-state index in [4.69, 9.17) is 10.1 Å². The van der Waals surface area contributed by atoms with Crippen molar-refractivity contribution in [3.8, 4) is 0 Å². The summed E-state index contributed by atoms with van der Waals surface area (Å²) in [4.78, 5) is 22.3. The van der Waals surface area contributed by atoms with E-state index in [0.29, 0.717) is 24.5 Å². The number of Topliss-reactive ketones (excluding diaryl/α,β-unsaturated/α-hetero) is 1. The molecule has 3 aliphatic rings. The van der Waals surface area contributed by atoms with Gasteiger partial charge in [-0.05, 0) is 81.1 Å². The van der Waals surface area contributed by atoms with Gasteiger partial charge in [-0.3, -0.25) is 4.79 Å². The number of hydrogen-bond donors (Lipinski definition) is 1. The normalized spacial score (nSPS) is 26.1. The molecule has 0 bridgehead atoms. The van der Waals surface area contributed by atoms with Crippen molar-refractivity contribution in [2.75, 3.05) is 6.61 Å². The average Bonchev–Trinajstić information content (AvgIpc) is 3.28. The molecule has 4 heteroatoms. The summed E-state index contributed by atoms with van der Waals surface area (Å²) < 4.78 is 0. The highest BCUT2D eigenvalue weighted by Gasteiger charge is 2.38. The molecule has 4 nitrogen and oxygen atoms in total. The van der Waals surface area contributed by atoms with Crippen LogP contribution in [0.5, 0.6) is 0 Å². The zero-order valence-corrected chi connectivity index (χ0v) is 18.1. The first-order chi connectivity index (χ1) is 14.1. The van der Waals surface area contributed by atoms with Crippen molar-refractivity contribution >= 4 is 11.4 Å². The van der Waals surface area contributed by atoms with Crippen molar-refractivity contribution in [3.63, 3.8) is 0 Å². The molecule has 0 aliphatic heterocycles. The highest BCUT2D eigenvalue weighted by molar-refractivity contribution is 5.97. The Hall–Kier alpha value is -1.55. The molecule has 1 fully saturated rings. The maximum atomic E-state index is 12.9. The number of aliphatic hydroxyl groups excluding tert-OH is 1. The summed E-state index contributed by atoms with van der Waals surface area (Å²) in [7, 11) is 0. The SMILES string of the molecule is CC(C)[C@H]1CC[C@H](Cc2ncnc3c2C2=C(CCC2C(=O)CCCCO)C3)CC1. The minimum Gasteiger partial charge on any atom is -0.396 e. The largest absolute Gasteiger partial charge is 0.396 e. The molecule has 0 spiro atoms. The van der Waals surface area contributed by atoms with Gasteiger partial charge in [-0.25, -0.2) is 9.97 Å². The lowest BCUT2D eigenvalue weighted by Gasteiger charge is -2.31. The quantitative estimate of drug-likeness (QED) is 0.633. The molecular weight excluding hydrogens is 360 g/mol. The van der Waals surface area contributed by atoms with Crippen LogP contribution in [0.3, 0.4) is 0 Å². The van der Waals surface area contributed by atoms with Gasteiger partial charge >= 0.3 is 0 Å². The molecule has 0 radical (unpaired) electrons. The second-order valence-electron chi connectivity index (χ2n) is 9.80. The Kier molecular flexibility index (Phi) is 6.48. The zero-order valence-electron chi connectivity index (χ0n) is 18.1. The van der Waals surface area contributed by atoms with E-state index in [1.54, 1.807) is 6.33 Å². The molecule has 1 aromatic heterocycles. The Balaban J connectivity index is 1.49. The van der Waals surface area contributed by atoms with Gasteiger partial charge in [-0.15, -0.1) is 0 Å². The van der Waals surface area contributed by atoms with Gasteiger partial charge in [0, 0.05) is 30.9 Å². The second-order valence-corrected chi connectivity index (χ2v) is 9.80. The molecule has 1 aromatic rings. The van der Waals surface area contributed by atoms with Crippen molar-refractivity contribution in [1.29, 1.82) is 0 Å². The first-order valence-corrected chi connectivity index (χ1v) is 11.8. The first-order valence-electron chi connectivity index (χ1n) is 11.8. The highest BCUT2D eigenvalue weighted by atomic mass is 16.2. The molecule has 158 valence electrons. The van der Waals surface area contributed by atoms with Crippen molar-refractivity contribution in [1.82, 2.24) is 9.97 Å². The predicted octanol–water partition coefficient (Wildman–Crippen LogP) is 4.93. The summed E-state index contributed by atoms with van der Waals surface area (Å²) in [6.07, 6.45) is 13.1. The van der Waals surface area contributed by atoms with Crippen molar-refractivity contribution in [2.24, 2.45) is 23.7 Å². The van der Waals surface area contributed by atoms with Gasteiger partial charge in [-0.1, -0.05) is 19.4 Å². The number of rotatable bonds is 8. The Bertz CT molecular complexity index is 775. The Morgan fingerprint density at radius 3 is 2.66 bits per heavy atom. The molecule has 29 heavy (non-hydrogen) atoms. The van der Waals surface area contributed by atoms with Gasteiger partial charge in [0.05, 0.1) is 11.4 Å². The van der Waals surface area contributed by atoms with Crippen LogP contribution in [0.2, 0.25) is 0 Å². The summed E-state index contributed by atoms with van der Waals surface area (Å²) in [5.41, 5.74) is 6.32. The van der Waals surface area contributed by atoms with Crippen molar-refractivity contribution in [3.05, 3.63) is 28.9 Å². The van der Waals surface area contributed by atoms with Crippen LogP contribution >= 0.6 is 0 Å². The minimum absolute atomic E-state index is 0.0337. The molecule has 1 heterocycles. The van der Waals surface area contributed by atoms with Crippen LogP contribution in [-0.4, -0.2) is 27.5 Å². The number of ketones is 1. The Morgan fingerprint density at radius 2 is 1.93 bits per heavy atom. The molecule has 1 N–H and O–H groups in total. The molecule has 3 aliphatic carbocycles. The van der Waals surface area contributed by atoms with Crippen LogP contribution in [0.4, 0.5) is 0 Å². The second kappa shape index (κ2) is 9.07. The monoisotopic (exact) mass is 396 g/mol. The number of fused-ring (bicyclic) bond motifs is 2. The number of carbonyl (C=O) groups excluding carboxylic acids is 1. The maximum absolute atomic E-state index is 12.9. The minimum atomic E-state index is 0.0337. The van der Waals surface area contributed by atoms with E-state index < -0.39 is 0 Å². The van der Waals surface area contributed by atoms with E-state index in [9.17, 15) is 4.79 Å². The van der Waals surface area contributed by atoms with E-state index in [-0.39, 0.29) is 12.5 Å².